The molecule has 3 rings (SSSR count). The summed E-state index contributed by atoms with van der Waals surface area (Å²) in [4.78, 5) is 12.6. The van der Waals surface area contributed by atoms with Crippen LogP contribution in [0.25, 0.3) is 0 Å². The number of halogens is 2. The van der Waals surface area contributed by atoms with E-state index in [0.29, 0.717) is 23.8 Å². The van der Waals surface area contributed by atoms with Crippen molar-refractivity contribution in [3.8, 4) is 0 Å². The molecule has 1 N–H and O–H groups in total. The van der Waals surface area contributed by atoms with Gasteiger partial charge in [0.15, 0.2) is 6.23 Å². The Morgan fingerprint density at radius 2 is 2.04 bits per heavy atom. The predicted molar refractivity (Wildman–Crippen MR) is 91.7 cm³/mol. The number of guanidine groups is 1. The van der Waals surface area contributed by atoms with Crippen LogP contribution >= 0.6 is 23.2 Å². The molecule has 0 aromatic heterocycles. The second-order valence-electron chi connectivity index (χ2n) is 5.90. The van der Waals surface area contributed by atoms with Crippen molar-refractivity contribution in [3.05, 3.63) is 22.0 Å². The molecule has 0 aromatic carbocycles. The van der Waals surface area contributed by atoms with Gasteiger partial charge < -0.3 is 19.6 Å². The molecule has 0 bridgehead atoms. The first-order chi connectivity index (χ1) is 11.0. The third kappa shape index (κ3) is 4.00. The third-order valence-electron chi connectivity index (χ3n) is 4.08. The largest absolute Gasteiger partial charge is 0.493 e. The van der Waals surface area contributed by atoms with Gasteiger partial charge in [0.2, 0.25) is 5.96 Å². The quantitative estimate of drug-likeness (QED) is 0.820. The number of aliphatic hydroxyl groups excluding tert-OH is 1. The average molecular weight is 359 g/mol. The van der Waals surface area contributed by atoms with Crippen LogP contribution < -0.4 is 0 Å². The van der Waals surface area contributed by atoms with Crippen LogP contribution in [-0.2, 0) is 4.74 Å². The lowest BCUT2D eigenvalue weighted by atomic mass is 10.1. The number of rotatable bonds is 2. The van der Waals surface area contributed by atoms with Gasteiger partial charge in [-0.3, -0.25) is 4.99 Å². The zero-order valence-electron chi connectivity index (χ0n) is 13.0. The zero-order chi connectivity index (χ0) is 16.4. The first kappa shape index (κ1) is 16.6. The van der Waals surface area contributed by atoms with Gasteiger partial charge >= 0.3 is 0 Å². The number of aliphatic hydroxyl groups is 1. The van der Waals surface area contributed by atoms with E-state index in [4.69, 9.17) is 27.9 Å². The lowest BCUT2D eigenvalue weighted by molar-refractivity contribution is 0.0472. The second-order valence-corrected chi connectivity index (χ2v) is 6.79. The molecular formula is C15H20Cl2N4O2. The molecule has 0 aromatic rings. The summed E-state index contributed by atoms with van der Waals surface area (Å²) in [5, 5.41) is 10.8. The number of hydrogen-bond donors (Lipinski definition) is 1. The van der Waals surface area contributed by atoms with Crippen LogP contribution in [0, 0.1) is 0 Å². The first-order valence-corrected chi connectivity index (χ1v) is 8.43. The Labute approximate surface area is 145 Å². The fraction of sp³-hybridized carbons (Fsp3) is 0.600. The van der Waals surface area contributed by atoms with Crippen molar-refractivity contribution in [1.82, 2.24) is 9.80 Å². The summed E-state index contributed by atoms with van der Waals surface area (Å²) < 4.78 is 5.98. The molecule has 0 spiro atoms. The summed E-state index contributed by atoms with van der Waals surface area (Å²) in [7, 11) is 1.99. The molecule has 0 amide bonds. The van der Waals surface area contributed by atoms with E-state index < -0.39 is 6.23 Å². The number of ether oxygens (including phenoxy) is 1. The molecule has 126 valence electrons. The molecule has 3 aliphatic heterocycles. The maximum absolute atomic E-state index is 9.57. The van der Waals surface area contributed by atoms with Crippen molar-refractivity contribution in [2.24, 2.45) is 9.98 Å². The minimum atomic E-state index is -0.755. The Morgan fingerprint density at radius 1 is 1.30 bits per heavy atom. The molecule has 0 saturated carbocycles. The Bertz CT molecular complexity index is 580. The van der Waals surface area contributed by atoms with Crippen molar-refractivity contribution >= 4 is 35.4 Å². The zero-order valence-corrected chi connectivity index (χ0v) is 14.5. The van der Waals surface area contributed by atoms with Gasteiger partial charge in [-0.1, -0.05) is 23.2 Å². The number of piperidine rings is 1. The van der Waals surface area contributed by atoms with E-state index in [0.717, 1.165) is 36.9 Å². The highest BCUT2D eigenvalue weighted by Crippen LogP contribution is 2.26. The van der Waals surface area contributed by atoms with Gasteiger partial charge in [0, 0.05) is 45.4 Å². The van der Waals surface area contributed by atoms with Crippen molar-refractivity contribution in [2.75, 3.05) is 26.7 Å². The van der Waals surface area contributed by atoms with Crippen LogP contribution in [0.1, 0.15) is 19.3 Å². The van der Waals surface area contributed by atoms with Crippen LogP contribution in [0.2, 0.25) is 0 Å². The average Bonchev–Trinajstić information content (AvgIpc) is 2.52. The lowest BCUT2D eigenvalue weighted by Gasteiger charge is -2.38. The van der Waals surface area contributed by atoms with E-state index in [-0.39, 0.29) is 6.10 Å². The molecule has 3 aliphatic rings. The highest BCUT2D eigenvalue weighted by molar-refractivity contribution is 6.39. The van der Waals surface area contributed by atoms with Gasteiger partial charge in [-0.05, 0) is 0 Å². The number of likely N-dealkylation sites (N-methyl/N-ethyl adjacent to an activating group) is 1. The Morgan fingerprint density at radius 3 is 2.74 bits per heavy atom. The van der Waals surface area contributed by atoms with E-state index in [9.17, 15) is 5.11 Å². The first-order valence-electron chi connectivity index (χ1n) is 7.68. The van der Waals surface area contributed by atoms with E-state index in [1.165, 1.54) is 6.21 Å². The predicted octanol–water partition coefficient (Wildman–Crippen LogP) is 2.09. The highest BCUT2D eigenvalue weighted by Gasteiger charge is 2.27. The minimum absolute atomic E-state index is 0.0994. The molecule has 1 fully saturated rings. The molecule has 6 nitrogen and oxygen atoms in total. The van der Waals surface area contributed by atoms with Crippen molar-refractivity contribution in [2.45, 2.75) is 31.6 Å². The smallest absolute Gasteiger partial charge is 0.201 e. The van der Waals surface area contributed by atoms with Crippen molar-refractivity contribution in [3.63, 3.8) is 0 Å². The summed E-state index contributed by atoms with van der Waals surface area (Å²) in [5.74, 6) is 1.58. The molecule has 0 aliphatic carbocycles. The van der Waals surface area contributed by atoms with Crippen LogP contribution in [0.4, 0.5) is 0 Å². The Hall–Kier alpha value is -1.24. The van der Waals surface area contributed by atoms with E-state index in [2.05, 4.69) is 19.8 Å². The summed E-state index contributed by atoms with van der Waals surface area (Å²) in [6.45, 7) is 2.41. The minimum Gasteiger partial charge on any atom is -0.493 e. The number of dihydropyridines is 1. The van der Waals surface area contributed by atoms with Crippen molar-refractivity contribution < 1.29 is 9.84 Å². The van der Waals surface area contributed by atoms with Crippen LogP contribution in [0.15, 0.2) is 32.0 Å². The third-order valence-corrected chi connectivity index (χ3v) is 4.60. The SMILES string of the molecule is CN1CC(Cl)=CN=C1N1CCC(OC2=C(Cl)C=NC(O)C2)CC1. The lowest BCUT2D eigenvalue weighted by Crippen LogP contribution is -2.48. The van der Waals surface area contributed by atoms with E-state index in [1.807, 2.05) is 7.05 Å². The fourth-order valence-corrected chi connectivity index (χ4v) is 3.31. The van der Waals surface area contributed by atoms with Crippen LogP contribution in [-0.4, -0.2) is 66.1 Å². The standard InChI is InChI=1S/C15H20Cl2N4O2/c1-20-9-10(16)7-19-15(20)21-4-2-11(3-5-21)23-13-6-14(22)18-8-12(13)17/h7-8,11,14,22H,2-6,9H2,1H3. The summed E-state index contributed by atoms with van der Waals surface area (Å²) in [6, 6.07) is 0. The summed E-state index contributed by atoms with van der Waals surface area (Å²) in [5.41, 5.74) is 0. The molecule has 1 saturated heterocycles. The molecule has 0 radical (unpaired) electrons. The topological polar surface area (TPSA) is 60.7 Å². The van der Waals surface area contributed by atoms with Gasteiger partial charge in [0.1, 0.15) is 11.9 Å². The number of hydrogen-bond acceptors (Lipinski definition) is 6. The van der Waals surface area contributed by atoms with Gasteiger partial charge in [-0.15, -0.1) is 0 Å². The Balaban J connectivity index is 1.56. The summed E-state index contributed by atoms with van der Waals surface area (Å²) >= 11 is 12.1. The highest BCUT2D eigenvalue weighted by atomic mass is 35.5. The van der Waals surface area contributed by atoms with Gasteiger partial charge in [0.05, 0.1) is 23.0 Å². The molecule has 3 heterocycles. The van der Waals surface area contributed by atoms with E-state index in [1.54, 1.807) is 6.20 Å². The van der Waals surface area contributed by atoms with Crippen molar-refractivity contribution in [1.29, 1.82) is 0 Å². The fourth-order valence-electron chi connectivity index (χ4n) is 2.91. The normalized spacial score (nSPS) is 26.3. The number of likely N-dealkylation sites (tertiary alicyclic amines) is 1. The maximum Gasteiger partial charge on any atom is 0.201 e. The van der Waals surface area contributed by atoms with Crippen LogP contribution in [0.3, 0.4) is 0 Å². The maximum atomic E-state index is 9.57. The molecule has 1 unspecified atom stereocenters. The second kappa shape index (κ2) is 7.11. The monoisotopic (exact) mass is 358 g/mol. The van der Waals surface area contributed by atoms with Gasteiger partial charge in [-0.25, -0.2) is 4.99 Å². The van der Waals surface area contributed by atoms with Gasteiger partial charge in [0.25, 0.3) is 0 Å². The number of aliphatic imine (C=N–C) groups is 2. The molecule has 1 atom stereocenters. The van der Waals surface area contributed by atoms with E-state index >= 15 is 0 Å². The Kier molecular flexibility index (Phi) is 5.14. The number of allylic oxidation sites excluding steroid dienone is 1. The number of nitrogens with zero attached hydrogens (tertiary/aromatic N) is 4. The molecule has 23 heavy (non-hydrogen) atoms. The molecule has 8 heteroatoms. The summed E-state index contributed by atoms with van der Waals surface area (Å²) in [6.07, 6.45) is 4.62. The molecular weight excluding hydrogens is 339 g/mol. The van der Waals surface area contributed by atoms with Gasteiger partial charge in [-0.2, -0.15) is 0 Å². The van der Waals surface area contributed by atoms with Crippen LogP contribution in [0.5, 0.6) is 0 Å².